The van der Waals surface area contributed by atoms with Gasteiger partial charge in [0.05, 0.1) is 25.8 Å². The van der Waals surface area contributed by atoms with Crippen molar-refractivity contribution < 1.29 is 19.1 Å². The summed E-state index contributed by atoms with van der Waals surface area (Å²) in [4.78, 5) is 24.0. The van der Waals surface area contributed by atoms with Crippen LogP contribution in [-0.4, -0.2) is 35.7 Å². The number of methoxy groups -OCH3 is 1. The second-order valence-electron chi connectivity index (χ2n) is 5.78. The third-order valence-corrected chi connectivity index (χ3v) is 3.86. The fourth-order valence-electron chi connectivity index (χ4n) is 2.44. The Labute approximate surface area is 161 Å². The first-order valence-corrected chi connectivity index (χ1v) is 8.63. The number of ether oxygens (including phenoxy) is 2. The van der Waals surface area contributed by atoms with E-state index in [9.17, 15) is 9.59 Å². The normalized spacial score (nSPS) is 10.2. The van der Waals surface area contributed by atoms with E-state index in [0.29, 0.717) is 17.2 Å². The van der Waals surface area contributed by atoms with E-state index in [1.165, 1.54) is 0 Å². The second-order valence-corrected chi connectivity index (χ2v) is 5.78. The molecule has 144 valence electrons. The van der Waals surface area contributed by atoms with Gasteiger partial charge in [-0.15, -0.1) is 0 Å². The van der Waals surface area contributed by atoms with Crippen molar-refractivity contribution >= 4 is 11.8 Å². The average molecular weight is 380 g/mol. The summed E-state index contributed by atoms with van der Waals surface area (Å²) >= 11 is 0. The third-order valence-electron chi connectivity index (χ3n) is 3.86. The fourth-order valence-corrected chi connectivity index (χ4v) is 2.44. The van der Waals surface area contributed by atoms with Gasteiger partial charge in [-0.2, -0.15) is 5.10 Å². The van der Waals surface area contributed by atoms with Crippen molar-refractivity contribution in [3.05, 3.63) is 66.4 Å². The van der Waals surface area contributed by atoms with Gasteiger partial charge in [0.15, 0.2) is 11.5 Å². The van der Waals surface area contributed by atoms with E-state index in [4.69, 9.17) is 9.47 Å². The molecule has 0 unspecified atom stereocenters. The fraction of sp³-hybridized carbons (Fsp3) is 0.150. The van der Waals surface area contributed by atoms with Crippen LogP contribution in [0.1, 0.15) is 16.9 Å². The van der Waals surface area contributed by atoms with Crippen LogP contribution in [0.3, 0.4) is 0 Å². The lowest BCUT2D eigenvalue weighted by Crippen LogP contribution is -2.42. The lowest BCUT2D eigenvalue weighted by atomic mass is 10.1. The number of aromatic amines is 1. The van der Waals surface area contributed by atoms with Crippen LogP contribution in [0, 0.1) is 0 Å². The van der Waals surface area contributed by atoms with Crippen molar-refractivity contribution in [1.29, 1.82) is 0 Å². The van der Waals surface area contributed by atoms with Crippen LogP contribution >= 0.6 is 0 Å². The lowest BCUT2D eigenvalue weighted by Gasteiger charge is -2.10. The van der Waals surface area contributed by atoms with Crippen LogP contribution in [0.25, 0.3) is 11.3 Å². The number of aromatic nitrogens is 2. The molecule has 2 amide bonds. The number of nitrogens with zero attached hydrogens (tertiary/aromatic N) is 1. The van der Waals surface area contributed by atoms with E-state index < -0.39 is 5.91 Å². The molecule has 1 heterocycles. The maximum atomic E-state index is 12.1. The minimum Gasteiger partial charge on any atom is -0.493 e. The number of benzene rings is 2. The monoisotopic (exact) mass is 380 g/mol. The highest BCUT2D eigenvalue weighted by Gasteiger charge is 2.12. The number of hydrogen-bond acceptors (Lipinski definition) is 5. The first-order valence-electron chi connectivity index (χ1n) is 8.63. The number of hydrogen-bond donors (Lipinski definition) is 3. The molecule has 0 aliphatic heterocycles. The first-order chi connectivity index (χ1) is 13.7. The molecule has 0 atom stereocenters. The number of carbonyl (C=O) groups is 2. The van der Waals surface area contributed by atoms with E-state index >= 15 is 0 Å². The maximum absolute atomic E-state index is 12.1. The van der Waals surface area contributed by atoms with Crippen LogP contribution < -0.4 is 20.3 Å². The summed E-state index contributed by atoms with van der Waals surface area (Å²) in [5.74, 6) is 0.261. The van der Waals surface area contributed by atoms with Gasteiger partial charge in [0, 0.05) is 5.56 Å². The molecule has 0 saturated heterocycles. The Morgan fingerprint density at radius 2 is 1.71 bits per heavy atom. The molecule has 28 heavy (non-hydrogen) atoms. The van der Waals surface area contributed by atoms with Crippen molar-refractivity contribution in [1.82, 2.24) is 21.0 Å². The third kappa shape index (κ3) is 4.88. The Hall–Kier alpha value is -3.81. The summed E-state index contributed by atoms with van der Waals surface area (Å²) in [6.45, 7) is 0.143. The van der Waals surface area contributed by atoms with Crippen LogP contribution in [0.15, 0.2) is 60.7 Å². The lowest BCUT2D eigenvalue weighted by molar-refractivity contribution is -0.122. The highest BCUT2D eigenvalue weighted by atomic mass is 16.5. The molecule has 0 bridgehead atoms. The summed E-state index contributed by atoms with van der Waals surface area (Å²) in [6.07, 6.45) is 0.0660. The minimum absolute atomic E-state index is 0.0660. The predicted octanol–water partition coefficient (Wildman–Crippen LogP) is 2.32. The van der Waals surface area contributed by atoms with Gasteiger partial charge in [0.2, 0.25) is 5.91 Å². The van der Waals surface area contributed by atoms with Gasteiger partial charge >= 0.3 is 0 Å². The highest BCUT2D eigenvalue weighted by Crippen LogP contribution is 2.25. The Bertz CT molecular complexity index is 940. The number of hydrazine groups is 1. The van der Waals surface area contributed by atoms with E-state index in [0.717, 1.165) is 5.56 Å². The molecular formula is C20H20N4O4. The molecule has 0 spiro atoms. The Morgan fingerprint density at radius 3 is 2.46 bits per heavy atom. The van der Waals surface area contributed by atoms with Crippen molar-refractivity contribution in [2.45, 2.75) is 6.42 Å². The van der Waals surface area contributed by atoms with Crippen molar-refractivity contribution in [3.63, 3.8) is 0 Å². The van der Waals surface area contributed by atoms with Crippen LogP contribution in [-0.2, 0) is 4.79 Å². The average Bonchev–Trinajstić information content (AvgIpc) is 3.23. The number of nitrogens with one attached hydrogen (secondary N) is 3. The maximum Gasteiger partial charge on any atom is 0.287 e. The van der Waals surface area contributed by atoms with Gasteiger partial charge in [-0.3, -0.25) is 25.5 Å². The van der Waals surface area contributed by atoms with Gasteiger partial charge in [0.1, 0.15) is 5.69 Å². The van der Waals surface area contributed by atoms with Crippen molar-refractivity contribution in [3.8, 4) is 22.8 Å². The summed E-state index contributed by atoms with van der Waals surface area (Å²) in [6, 6.07) is 18.2. The van der Waals surface area contributed by atoms with Crippen LogP contribution in [0.4, 0.5) is 0 Å². The zero-order valence-electron chi connectivity index (χ0n) is 15.3. The molecule has 0 radical (unpaired) electrons. The summed E-state index contributed by atoms with van der Waals surface area (Å²) in [5.41, 5.74) is 6.46. The SMILES string of the molecule is COc1ccccc1OCCC(=O)NNC(=O)c1cc(-c2ccccc2)n[nH]1. The van der Waals surface area contributed by atoms with E-state index in [1.807, 2.05) is 42.5 Å². The summed E-state index contributed by atoms with van der Waals surface area (Å²) < 4.78 is 10.7. The Balaban J connectivity index is 1.44. The number of rotatable bonds is 7. The Kier molecular flexibility index (Phi) is 6.25. The molecule has 8 nitrogen and oxygen atoms in total. The highest BCUT2D eigenvalue weighted by molar-refractivity contribution is 5.94. The van der Waals surface area contributed by atoms with E-state index in [-0.39, 0.29) is 24.6 Å². The molecule has 0 saturated carbocycles. The topological polar surface area (TPSA) is 105 Å². The van der Waals surface area contributed by atoms with Crippen molar-refractivity contribution in [2.24, 2.45) is 0 Å². The molecule has 0 aliphatic rings. The van der Waals surface area contributed by atoms with Gasteiger partial charge in [-0.05, 0) is 18.2 Å². The van der Waals surface area contributed by atoms with Gasteiger partial charge < -0.3 is 9.47 Å². The molecule has 0 fully saturated rings. The van der Waals surface area contributed by atoms with Gasteiger partial charge in [-0.1, -0.05) is 42.5 Å². The van der Waals surface area contributed by atoms with E-state index in [2.05, 4.69) is 21.0 Å². The number of H-pyrrole nitrogens is 1. The molecule has 8 heteroatoms. The van der Waals surface area contributed by atoms with Gasteiger partial charge in [-0.25, -0.2) is 0 Å². The zero-order chi connectivity index (χ0) is 19.8. The number of carbonyl (C=O) groups excluding carboxylic acids is 2. The van der Waals surface area contributed by atoms with Crippen LogP contribution in [0.2, 0.25) is 0 Å². The second kappa shape index (κ2) is 9.22. The smallest absolute Gasteiger partial charge is 0.287 e. The summed E-state index contributed by atoms with van der Waals surface area (Å²) in [5, 5.41) is 6.76. The van der Waals surface area contributed by atoms with Crippen molar-refractivity contribution in [2.75, 3.05) is 13.7 Å². The molecule has 1 aromatic heterocycles. The molecular weight excluding hydrogens is 360 g/mol. The van der Waals surface area contributed by atoms with Gasteiger partial charge in [0.25, 0.3) is 5.91 Å². The Morgan fingerprint density at radius 1 is 1.00 bits per heavy atom. The molecule has 0 aliphatic carbocycles. The standard InChI is InChI=1S/C20H20N4O4/c1-27-17-9-5-6-10-18(17)28-12-11-19(25)23-24-20(26)16-13-15(21-22-16)14-7-3-2-4-8-14/h2-10,13H,11-12H2,1H3,(H,21,22)(H,23,25)(H,24,26). The largest absolute Gasteiger partial charge is 0.493 e. The molecule has 3 aromatic rings. The summed E-state index contributed by atoms with van der Waals surface area (Å²) in [7, 11) is 1.54. The predicted molar refractivity (Wildman–Crippen MR) is 103 cm³/mol. The quantitative estimate of drug-likeness (QED) is 0.546. The number of para-hydroxylation sites is 2. The zero-order valence-corrected chi connectivity index (χ0v) is 15.3. The molecule has 2 aromatic carbocycles. The first kappa shape index (κ1) is 19.0. The molecule has 3 rings (SSSR count). The van der Waals surface area contributed by atoms with Crippen LogP contribution in [0.5, 0.6) is 11.5 Å². The molecule has 3 N–H and O–H groups in total. The number of amides is 2. The minimum atomic E-state index is -0.492. The van der Waals surface area contributed by atoms with E-state index in [1.54, 1.807) is 25.3 Å².